The summed E-state index contributed by atoms with van der Waals surface area (Å²) in [6.45, 7) is 5.88. The first kappa shape index (κ1) is 15.5. The predicted molar refractivity (Wildman–Crippen MR) is 87.5 cm³/mol. The lowest BCUT2D eigenvalue weighted by atomic mass is 9.71. The standard InChI is InChI=1S/C19H27NO2/c1-14(15-6-4-3-5-7-15)16-8-10-20(11-9-16)18(21)17-12-19(2,22)13-17/h3-7,14,16-17,22H,8-13H2,1-2H3/t14-,17-,19+/m1/s1. The molecule has 0 unspecified atom stereocenters. The van der Waals surface area contributed by atoms with Crippen LogP contribution in [0.15, 0.2) is 30.3 Å². The fraction of sp³-hybridized carbons (Fsp3) is 0.632. The van der Waals surface area contributed by atoms with Crippen molar-refractivity contribution < 1.29 is 9.90 Å². The topological polar surface area (TPSA) is 40.5 Å². The number of carbonyl (C=O) groups is 1. The van der Waals surface area contributed by atoms with Gasteiger partial charge in [0.25, 0.3) is 0 Å². The van der Waals surface area contributed by atoms with Crippen LogP contribution in [-0.4, -0.2) is 34.6 Å². The predicted octanol–water partition coefficient (Wildman–Crippen LogP) is 3.19. The molecule has 3 nitrogen and oxygen atoms in total. The zero-order valence-electron chi connectivity index (χ0n) is 13.7. The number of benzene rings is 1. The van der Waals surface area contributed by atoms with Gasteiger partial charge in [0.2, 0.25) is 5.91 Å². The van der Waals surface area contributed by atoms with Gasteiger partial charge in [-0.3, -0.25) is 4.79 Å². The summed E-state index contributed by atoms with van der Waals surface area (Å²) < 4.78 is 0. The van der Waals surface area contributed by atoms with Gasteiger partial charge >= 0.3 is 0 Å². The minimum Gasteiger partial charge on any atom is -0.390 e. The van der Waals surface area contributed by atoms with Gasteiger partial charge < -0.3 is 10.0 Å². The van der Waals surface area contributed by atoms with Crippen molar-refractivity contribution in [3.05, 3.63) is 35.9 Å². The van der Waals surface area contributed by atoms with Gasteiger partial charge in [0.15, 0.2) is 0 Å². The van der Waals surface area contributed by atoms with Gasteiger partial charge in [-0.05, 0) is 50.0 Å². The lowest BCUT2D eigenvalue weighted by Gasteiger charge is -2.44. The fourth-order valence-electron chi connectivity index (χ4n) is 4.08. The highest BCUT2D eigenvalue weighted by molar-refractivity contribution is 5.80. The molecule has 1 heterocycles. The van der Waals surface area contributed by atoms with E-state index in [1.54, 1.807) is 0 Å². The van der Waals surface area contributed by atoms with E-state index in [1.807, 2.05) is 11.8 Å². The molecule has 2 aliphatic rings. The minimum atomic E-state index is -0.611. The molecule has 0 bridgehead atoms. The third-order valence-corrected chi connectivity index (χ3v) is 5.61. The molecule has 1 amide bonds. The van der Waals surface area contributed by atoms with Crippen molar-refractivity contribution in [1.29, 1.82) is 0 Å². The Morgan fingerprint density at radius 3 is 2.36 bits per heavy atom. The lowest BCUT2D eigenvalue weighted by Crippen LogP contribution is -2.51. The number of piperidine rings is 1. The number of likely N-dealkylation sites (tertiary alicyclic amines) is 1. The number of amides is 1. The third kappa shape index (κ3) is 3.19. The number of aliphatic hydroxyl groups is 1. The lowest BCUT2D eigenvalue weighted by molar-refractivity contribution is -0.151. The molecule has 3 rings (SSSR count). The molecule has 120 valence electrons. The Balaban J connectivity index is 1.51. The molecule has 1 aliphatic carbocycles. The summed E-state index contributed by atoms with van der Waals surface area (Å²) in [6.07, 6.45) is 3.44. The minimum absolute atomic E-state index is 0.0538. The highest BCUT2D eigenvalue weighted by Crippen LogP contribution is 2.39. The molecule has 0 aromatic heterocycles. The van der Waals surface area contributed by atoms with E-state index in [-0.39, 0.29) is 11.8 Å². The molecule has 0 radical (unpaired) electrons. The van der Waals surface area contributed by atoms with Crippen LogP contribution in [-0.2, 0) is 4.79 Å². The Morgan fingerprint density at radius 2 is 1.82 bits per heavy atom. The molecule has 22 heavy (non-hydrogen) atoms. The van der Waals surface area contributed by atoms with Crippen molar-refractivity contribution in [2.75, 3.05) is 13.1 Å². The fourth-order valence-corrected chi connectivity index (χ4v) is 4.08. The smallest absolute Gasteiger partial charge is 0.225 e. The Kier molecular flexibility index (Phi) is 4.26. The van der Waals surface area contributed by atoms with Crippen molar-refractivity contribution in [3.63, 3.8) is 0 Å². The van der Waals surface area contributed by atoms with Gasteiger partial charge in [0, 0.05) is 19.0 Å². The normalized spacial score (nSPS) is 30.7. The van der Waals surface area contributed by atoms with Crippen LogP contribution in [0.25, 0.3) is 0 Å². The van der Waals surface area contributed by atoms with Crippen molar-refractivity contribution >= 4 is 5.91 Å². The largest absolute Gasteiger partial charge is 0.390 e. The summed E-state index contributed by atoms with van der Waals surface area (Å²) in [4.78, 5) is 14.5. The molecule has 1 aromatic carbocycles. The maximum Gasteiger partial charge on any atom is 0.225 e. The van der Waals surface area contributed by atoms with E-state index in [4.69, 9.17) is 0 Å². The molecular formula is C19H27NO2. The Labute approximate surface area is 133 Å². The summed E-state index contributed by atoms with van der Waals surface area (Å²) in [5.41, 5.74) is 0.794. The molecule has 1 N–H and O–H groups in total. The molecule has 1 saturated heterocycles. The van der Waals surface area contributed by atoms with Gasteiger partial charge in [-0.2, -0.15) is 0 Å². The van der Waals surface area contributed by atoms with Crippen molar-refractivity contribution in [3.8, 4) is 0 Å². The van der Waals surface area contributed by atoms with Crippen LogP contribution >= 0.6 is 0 Å². The summed E-state index contributed by atoms with van der Waals surface area (Å²) in [6, 6.07) is 10.7. The summed E-state index contributed by atoms with van der Waals surface area (Å²) in [7, 11) is 0. The SMILES string of the molecule is C[C@H](c1ccccc1)C1CCN(C(=O)[C@H]2C[C@@](C)(O)C2)CC1. The van der Waals surface area contributed by atoms with Gasteiger partial charge in [-0.15, -0.1) is 0 Å². The second-order valence-electron chi connectivity index (χ2n) is 7.46. The summed E-state index contributed by atoms with van der Waals surface area (Å²) in [5, 5.41) is 9.80. The molecule has 3 heteroatoms. The third-order valence-electron chi connectivity index (χ3n) is 5.61. The first-order valence-corrected chi connectivity index (χ1v) is 8.52. The average Bonchev–Trinajstić information content (AvgIpc) is 2.52. The van der Waals surface area contributed by atoms with E-state index in [9.17, 15) is 9.90 Å². The maximum absolute atomic E-state index is 12.4. The van der Waals surface area contributed by atoms with Gasteiger partial charge in [-0.25, -0.2) is 0 Å². The zero-order valence-corrected chi connectivity index (χ0v) is 13.7. The van der Waals surface area contributed by atoms with Crippen LogP contribution in [0.2, 0.25) is 0 Å². The van der Waals surface area contributed by atoms with Crippen LogP contribution in [0.5, 0.6) is 0 Å². The van der Waals surface area contributed by atoms with E-state index < -0.39 is 5.60 Å². The van der Waals surface area contributed by atoms with Crippen LogP contribution in [0, 0.1) is 11.8 Å². The monoisotopic (exact) mass is 301 g/mol. The van der Waals surface area contributed by atoms with Crippen molar-refractivity contribution in [1.82, 2.24) is 4.90 Å². The van der Waals surface area contributed by atoms with Crippen LogP contribution in [0.4, 0.5) is 0 Å². The van der Waals surface area contributed by atoms with Gasteiger partial charge in [0.05, 0.1) is 5.60 Å². The molecule has 1 aromatic rings. The zero-order chi connectivity index (χ0) is 15.7. The van der Waals surface area contributed by atoms with E-state index in [0.717, 1.165) is 25.9 Å². The molecule has 1 aliphatic heterocycles. The molecule has 0 spiro atoms. The highest BCUT2D eigenvalue weighted by Gasteiger charge is 2.44. The summed E-state index contributed by atoms with van der Waals surface area (Å²) in [5.74, 6) is 1.54. The summed E-state index contributed by atoms with van der Waals surface area (Å²) >= 11 is 0. The van der Waals surface area contributed by atoms with Crippen LogP contribution in [0.1, 0.15) is 51.0 Å². The van der Waals surface area contributed by atoms with Gasteiger partial charge in [-0.1, -0.05) is 37.3 Å². The second-order valence-corrected chi connectivity index (χ2v) is 7.46. The van der Waals surface area contributed by atoms with Crippen molar-refractivity contribution in [2.45, 2.75) is 51.0 Å². The Bertz CT molecular complexity index is 509. The van der Waals surface area contributed by atoms with E-state index in [1.165, 1.54) is 5.56 Å². The first-order chi connectivity index (χ1) is 10.5. The Hall–Kier alpha value is -1.35. The first-order valence-electron chi connectivity index (χ1n) is 8.52. The number of nitrogens with zero attached hydrogens (tertiary/aromatic N) is 1. The van der Waals surface area contributed by atoms with E-state index >= 15 is 0 Å². The molecule has 2 fully saturated rings. The average molecular weight is 301 g/mol. The molecule has 1 saturated carbocycles. The number of hydrogen-bond donors (Lipinski definition) is 1. The highest BCUT2D eigenvalue weighted by atomic mass is 16.3. The van der Waals surface area contributed by atoms with E-state index in [2.05, 4.69) is 37.3 Å². The van der Waals surface area contributed by atoms with E-state index in [0.29, 0.717) is 24.7 Å². The van der Waals surface area contributed by atoms with Crippen LogP contribution in [0.3, 0.4) is 0 Å². The van der Waals surface area contributed by atoms with Crippen LogP contribution < -0.4 is 0 Å². The quantitative estimate of drug-likeness (QED) is 0.931. The maximum atomic E-state index is 12.4. The second kappa shape index (κ2) is 6.04. The molecular weight excluding hydrogens is 274 g/mol. The van der Waals surface area contributed by atoms with Gasteiger partial charge in [0.1, 0.15) is 0 Å². The van der Waals surface area contributed by atoms with Crippen molar-refractivity contribution in [2.24, 2.45) is 11.8 Å². The molecule has 1 atom stereocenters. The number of rotatable bonds is 3. The number of hydrogen-bond acceptors (Lipinski definition) is 2. The Morgan fingerprint density at radius 1 is 1.23 bits per heavy atom. The number of carbonyl (C=O) groups excluding carboxylic acids is 1.